The number of carbonyl (C=O) groups excluding carboxylic acids is 1. The number of carbonyl (C=O) groups is 1. The standard InChI is InChI=1S/C14H10F4N2O4S/c15-9-5-6-10(12(16)11(9)13(19)21)20-25(22,23)8-3-1-7(2-4-8)24-14(17)18/h1-6,14,20H,(H2,19,21). The highest BCUT2D eigenvalue weighted by atomic mass is 32.2. The third-order valence-electron chi connectivity index (χ3n) is 2.94. The number of nitrogens with two attached hydrogens (primary N) is 1. The Morgan fingerprint density at radius 3 is 2.20 bits per heavy atom. The van der Waals surface area contributed by atoms with E-state index in [1.54, 1.807) is 0 Å². The van der Waals surface area contributed by atoms with Crippen molar-refractivity contribution in [2.24, 2.45) is 5.73 Å². The summed E-state index contributed by atoms with van der Waals surface area (Å²) < 4.78 is 81.8. The zero-order valence-corrected chi connectivity index (χ0v) is 13.0. The average Bonchev–Trinajstić information content (AvgIpc) is 2.50. The van der Waals surface area contributed by atoms with E-state index in [0.29, 0.717) is 6.07 Å². The number of amides is 1. The second kappa shape index (κ2) is 6.97. The van der Waals surface area contributed by atoms with Crippen LogP contribution in [0, 0.1) is 11.6 Å². The van der Waals surface area contributed by atoms with Gasteiger partial charge in [-0.3, -0.25) is 9.52 Å². The van der Waals surface area contributed by atoms with Gasteiger partial charge in [-0.25, -0.2) is 17.2 Å². The maximum atomic E-state index is 14.1. The molecule has 25 heavy (non-hydrogen) atoms. The molecule has 0 atom stereocenters. The van der Waals surface area contributed by atoms with Crippen LogP contribution < -0.4 is 15.2 Å². The van der Waals surface area contributed by atoms with Crippen molar-refractivity contribution >= 4 is 21.6 Å². The lowest BCUT2D eigenvalue weighted by Gasteiger charge is -2.11. The minimum Gasteiger partial charge on any atom is -0.435 e. The van der Waals surface area contributed by atoms with Crippen LogP contribution in [0.15, 0.2) is 41.3 Å². The number of alkyl halides is 2. The van der Waals surface area contributed by atoms with Crippen molar-refractivity contribution < 1.29 is 35.5 Å². The number of benzene rings is 2. The van der Waals surface area contributed by atoms with Gasteiger partial charge in [-0.15, -0.1) is 0 Å². The van der Waals surface area contributed by atoms with Crippen molar-refractivity contribution in [1.29, 1.82) is 0 Å². The summed E-state index contributed by atoms with van der Waals surface area (Å²) in [5, 5.41) is 0. The number of nitrogens with one attached hydrogen (secondary N) is 1. The van der Waals surface area contributed by atoms with Gasteiger partial charge in [0, 0.05) is 0 Å². The highest BCUT2D eigenvalue weighted by molar-refractivity contribution is 7.92. The molecule has 0 heterocycles. The van der Waals surface area contributed by atoms with Gasteiger partial charge in [0.15, 0.2) is 5.82 Å². The lowest BCUT2D eigenvalue weighted by Crippen LogP contribution is -2.19. The first-order valence-corrected chi connectivity index (χ1v) is 7.95. The summed E-state index contributed by atoms with van der Waals surface area (Å²) in [5.41, 5.74) is 3.04. The molecular formula is C14H10F4N2O4S. The summed E-state index contributed by atoms with van der Waals surface area (Å²) in [6, 6.07) is 5.25. The SMILES string of the molecule is NC(=O)c1c(F)ccc(NS(=O)(=O)c2ccc(OC(F)F)cc2)c1F. The third-order valence-corrected chi connectivity index (χ3v) is 4.32. The first-order valence-electron chi connectivity index (χ1n) is 6.47. The van der Waals surface area contributed by atoms with Gasteiger partial charge >= 0.3 is 6.61 Å². The van der Waals surface area contributed by atoms with Gasteiger partial charge in [0.1, 0.15) is 17.1 Å². The molecule has 0 unspecified atom stereocenters. The number of rotatable bonds is 6. The number of anilines is 1. The first kappa shape index (κ1) is 18.5. The molecule has 3 N–H and O–H groups in total. The monoisotopic (exact) mass is 378 g/mol. The molecule has 2 aromatic rings. The summed E-state index contributed by atoms with van der Waals surface area (Å²) in [5.74, 6) is -4.42. The van der Waals surface area contributed by atoms with Gasteiger partial charge in [-0.1, -0.05) is 0 Å². The molecule has 2 rings (SSSR count). The number of halogens is 4. The number of primary amides is 1. The van der Waals surface area contributed by atoms with Crippen LogP contribution in [0.1, 0.15) is 10.4 Å². The Hall–Kier alpha value is -2.82. The molecule has 0 saturated carbocycles. The summed E-state index contributed by atoms with van der Waals surface area (Å²) >= 11 is 0. The normalized spacial score (nSPS) is 11.4. The Kier molecular flexibility index (Phi) is 5.16. The quantitative estimate of drug-likeness (QED) is 0.755. The summed E-state index contributed by atoms with van der Waals surface area (Å²) in [6.07, 6.45) is 0. The summed E-state index contributed by atoms with van der Waals surface area (Å²) in [7, 11) is -4.34. The van der Waals surface area contributed by atoms with Crippen LogP contribution in [0.5, 0.6) is 5.75 Å². The molecule has 2 aromatic carbocycles. The van der Waals surface area contributed by atoms with E-state index in [1.165, 1.54) is 0 Å². The van der Waals surface area contributed by atoms with Gasteiger partial charge < -0.3 is 10.5 Å². The van der Waals surface area contributed by atoms with Crippen molar-refractivity contribution in [1.82, 2.24) is 0 Å². The predicted octanol–water partition coefficient (Wildman–Crippen LogP) is 2.47. The smallest absolute Gasteiger partial charge is 0.387 e. The largest absolute Gasteiger partial charge is 0.435 e. The molecule has 1 amide bonds. The minimum atomic E-state index is -4.34. The molecule has 0 aliphatic carbocycles. The van der Waals surface area contributed by atoms with Crippen molar-refractivity contribution in [3.05, 3.63) is 53.6 Å². The van der Waals surface area contributed by atoms with Crippen LogP contribution in [0.4, 0.5) is 23.2 Å². The van der Waals surface area contributed by atoms with Gasteiger partial charge in [0.05, 0.1) is 10.6 Å². The fourth-order valence-corrected chi connectivity index (χ4v) is 2.92. The van der Waals surface area contributed by atoms with E-state index in [0.717, 1.165) is 30.3 Å². The maximum absolute atomic E-state index is 14.1. The van der Waals surface area contributed by atoms with Crippen LogP contribution in [0.3, 0.4) is 0 Å². The van der Waals surface area contributed by atoms with Crippen molar-refractivity contribution in [3.8, 4) is 5.75 Å². The Morgan fingerprint density at radius 2 is 1.68 bits per heavy atom. The van der Waals surface area contributed by atoms with Crippen molar-refractivity contribution in [2.75, 3.05) is 4.72 Å². The van der Waals surface area contributed by atoms with Crippen LogP contribution in [-0.2, 0) is 10.0 Å². The average molecular weight is 378 g/mol. The molecule has 0 spiro atoms. The lowest BCUT2D eigenvalue weighted by molar-refractivity contribution is -0.0498. The fourth-order valence-electron chi connectivity index (χ4n) is 1.86. The summed E-state index contributed by atoms with van der Waals surface area (Å²) in [6.45, 7) is -3.08. The Morgan fingerprint density at radius 1 is 1.08 bits per heavy atom. The molecule has 0 radical (unpaired) electrons. The Bertz CT molecular complexity index is 902. The second-order valence-electron chi connectivity index (χ2n) is 4.60. The zero-order valence-electron chi connectivity index (χ0n) is 12.2. The van der Waals surface area contributed by atoms with Crippen LogP contribution in [-0.4, -0.2) is 20.9 Å². The molecule has 0 aliphatic heterocycles. The van der Waals surface area contributed by atoms with Gasteiger partial charge in [-0.05, 0) is 36.4 Å². The minimum absolute atomic E-state index is 0.280. The fraction of sp³-hybridized carbons (Fsp3) is 0.0714. The molecule has 6 nitrogen and oxygen atoms in total. The molecule has 11 heteroatoms. The number of hydrogen-bond acceptors (Lipinski definition) is 4. The van der Waals surface area contributed by atoms with Crippen molar-refractivity contribution in [2.45, 2.75) is 11.5 Å². The topological polar surface area (TPSA) is 98.5 Å². The third kappa shape index (κ3) is 4.18. The first-order chi connectivity index (χ1) is 11.6. The number of hydrogen-bond donors (Lipinski definition) is 2. The van der Waals surface area contributed by atoms with E-state index in [1.807, 2.05) is 4.72 Å². The highest BCUT2D eigenvalue weighted by Gasteiger charge is 2.22. The second-order valence-corrected chi connectivity index (χ2v) is 6.29. The van der Waals surface area contributed by atoms with Gasteiger partial charge in [0.2, 0.25) is 0 Å². The molecular weight excluding hydrogens is 368 g/mol. The van der Waals surface area contributed by atoms with Crippen molar-refractivity contribution in [3.63, 3.8) is 0 Å². The van der Waals surface area contributed by atoms with Crippen LogP contribution in [0.25, 0.3) is 0 Å². The van der Waals surface area contributed by atoms with Gasteiger partial charge in [0.25, 0.3) is 15.9 Å². The van der Waals surface area contributed by atoms with Crippen LogP contribution >= 0.6 is 0 Å². The predicted molar refractivity (Wildman–Crippen MR) is 78.8 cm³/mol. The number of ether oxygens (including phenoxy) is 1. The molecule has 134 valence electrons. The molecule has 0 bridgehead atoms. The van der Waals surface area contributed by atoms with E-state index in [2.05, 4.69) is 4.74 Å². The van der Waals surface area contributed by atoms with E-state index in [-0.39, 0.29) is 5.75 Å². The molecule has 0 aromatic heterocycles. The Labute approximate surface area is 139 Å². The van der Waals surface area contributed by atoms with E-state index < -0.39 is 50.3 Å². The Balaban J connectivity index is 2.33. The summed E-state index contributed by atoms with van der Waals surface area (Å²) in [4.78, 5) is 10.6. The van der Waals surface area contributed by atoms with Crippen LogP contribution in [0.2, 0.25) is 0 Å². The molecule has 0 fully saturated rings. The lowest BCUT2D eigenvalue weighted by atomic mass is 10.1. The van der Waals surface area contributed by atoms with E-state index in [9.17, 15) is 30.8 Å². The number of sulfonamides is 1. The van der Waals surface area contributed by atoms with Gasteiger partial charge in [-0.2, -0.15) is 8.78 Å². The highest BCUT2D eigenvalue weighted by Crippen LogP contribution is 2.25. The maximum Gasteiger partial charge on any atom is 0.387 e. The van der Waals surface area contributed by atoms with E-state index >= 15 is 0 Å². The zero-order chi connectivity index (χ0) is 18.8. The van der Waals surface area contributed by atoms with E-state index in [4.69, 9.17) is 5.73 Å². The molecule has 0 saturated heterocycles. The molecule has 0 aliphatic rings.